The molecule has 0 aliphatic carbocycles. The Bertz CT molecular complexity index is 1030. The van der Waals surface area contributed by atoms with Crippen LogP contribution in [0.4, 0.5) is 17.5 Å². The first-order chi connectivity index (χ1) is 13.5. The minimum Gasteiger partial charge on any atom is -0.394 e. The number of nitrogens with zero attached hydrogens (tertiary/aromatic N) is 2. The van der Waals surface area contributed by atoms with Crippen LogP contribution in [0.3, 0.4) is 0 Å². The van der Waals surface area contributed by atoms with Gasteiger partial charge >= 0.3 is 0 Å². The lowest BCUT2D eigenvalue weighted by Crippen LogP contribution is -2.21. The molecule has 2 aromatic carbocycles. The van der Waals surface area contributed by atoms with Crippen LogP contribution in [0.15, 0.2) is 59.6 Å². The second-order valence-electron chi connectivity index (χ2n) is 6.52. The molecule has 146 valence electrons. The van der Waals surface area contributed by atoms with Crippen molar-refractivity contribution in [2.75, 3.05) is 17.2 Å². The number of aliphatic hydroxyl groups is 1. The van der Waals surface area contributed by atoms with Gasteiger partial charge in [0.25, 0.3) is 0 Å². The highest BCUT2D eigenvalue weighted by Gasteiger charge is 2.12. The van der Waals surface area contributed by atoms with E-state index in [4.69, 9.17) is 4.78 Å². The van der Waals surface area contributed by atoms with E-state index in [9.17, 15) is 9.32 Å². The molecule has 3 aromatic rings. The molecule has 0 radical (unpaired) electrons. The van der Waals surface area contributed by atoms with Crippen molar-refractivity contribution in [1.82, 2.24) is 9.97 Å². The molecule has 1 heterocycles. The van der Waals surface area contributed by atoms with Crippen LogP contribution in [0, 0.1) is 11.7 Å². The highest BCUT2D eigenvalue weighted by Crippen LogP contribution is 2.28. The zero-order valence-corrected chi connectivity index (χ0v) is 16.6. The van der Waals surface area contributed by atoms with E-state index < -0.39 is 10.6 Å². The molecule has 3 rings (SSSR count). The molecule has 0 aliphatic rings. The highest BCUT2D eigenvalue weighted by atomic mass is 32.2. The number of hydrogen-bond acceptors (Lipinski definition) is 7. The molecule has 0 fully saturated rings. The first-order valence-corrected chi connectivity index (χ1v) is 10.1. The van der Waals surface area contributed by atoms with Gasteiger partial charge in [0.15, 0.2) is 0 Å². The normalized spacial score (nSPS) is 13.0. The third-order valence-electron chi connectivity index (χ3n) is 4.13. The minimum atomic E-state index is -2.11. The molecule has 0 amide bonds. The predicted molar refractivity (Wildman–Crippen MR) is 113 cm³/mol. The quantitative estimate of drug-likeness (QED) is 0.390. The van der Waals surface area contributed by atoms with Gasteiger partial charge in [-0.1, -0.05) is 29.8 Å². The highest BCUT2D eigenvalue weighted by molar-refractivity contribution is 7.73. The predicted octanol–water partition coefficient (Wildman–Crippen LogP) is 3.59. The second kappa shape index (κ2) is 8.81. The molecule has 1 unspecified atom stereocenters. The third-order valence-corrected chi connectivity index (χ3v) is 4.90. The largest absolute Gasteiger partial charge is 0.394 e. The number of rotatable bonds is 7. The van der Waals surface area contributed by atoms with E-state index in [2.05, 4.69) is 26.7 Å². The van der Waals surface area contributed by atoms with Gasteiger partial charge in [-0.05, 0) is 43.7 Å². The monoisotopic (exact) mass is 397 g/mol. The number of nitrogens with one attached hydrogen (secondary N) is 3. The van der Waals surface area contributed by atoms with Crippen LogP contribution in [-0.4, -0.2) is 31.9 Å². The Labute approximate surface area is 165 Å². The number of thiol groups is 1. The fourth-order valence-corrected chi connectivity index (χ4v) is 3.08. The Morgan fingerprint density at radius 1 is 1.21 bits per heavy atom. The van der Waals surface area contributed by atoms with Crippen LogP contribution >= 0.6 is 0 Å². The van der Waals surface area contributed by atoms with Crippen LogP contribution in [0.25, 0.3) is 11.1 Å². The Morgan fingerprint density at radius 3 is 2.61 bits per heavy atom. The maximum Gasteiger partial charge on any atom is 0.229 e. The minimum absolute atomic E-state index is 0.0210. The molecule has 28 heavy (non-hydrogen) atoms. The average Bonchev–Trinajstić information content (AvgIpc) is 2.68. The van der Waals surface area contributed by atoms with E-state index in [1.165, 1.54) is 0 Å². The van der Waals surface area contributed by atoms with Crippen molar-refractivity contribution >= 4 is 28.0 Å². The van der Waals surface area contributed by atoms with Crippen LogP contribution in [0.1, 0.15) is 12.5 Å². The van der Waals surface area contributed by atoms with E-state index in [0.29, 0.717) is 16.7 Å². The summed E-state index contributed by atoms with van der Waals surface area (Å²) >= 11 is 0. The maximum absolute atomic E-state index is 11.2. The number of anilines is 3. The lowest BCUT2D eigenvalue weighted by atomic mass is 10.1. The number of benzene rings is 2. The Hall–Kier alpha value is -2.97. The van der Waals surface area contributed by atoms with Gasteiger partial charge in [-0.25, -0.2) is 9.19 Å². The smallest absolute Gasteiger partial charge is 0.229 e. The first-order valence-electron chi connectivity index (χ1n) is 8.83. The fraction of sp³-hybridized carbons (Fsp3) is 0.200. The van der Waals surface area contributed by atoms with Gasteiger partial charge in [-0.15, -0.1) is 0 Å². The third kappa shape index (κ3) is 4.85. The molecule has 0 spiro atoms. The van der Waals surface area contributed by atoms with Gasteiger partial charge in [0.05, 0.1) is 17.2 Å². The van der Waals surface area contributed by atoms with Crippen molar-refractivity contribution in [1.29, 1.82) is 4.78 Å². The number of hydrogen-bond donors (Lipinski definition) is 5. The average molecular weight is 398 g/mol. The van der Waals surface area contributed by atoms with Gasteiger partial charge in [-0.3, -0.25) is 4.78 Å². The molecule has 7 nitrogen and oxygen atoms in total. The van der Waals surface area contributed by atoms with Crippen molar-refractivity contribution in [2.24, 2.45) is 0 Å². The van der Waals surface area contributed by atoms with Crippen molar-refractivity contribution in [3.63, 3.8) is 0 Å². The second-order valence-corrected chi connectivity index (χ2v) is 7.62. The lowest BCUT2D eigenvalue weighted by Gasteiger charge is -2.17. The summed E-state index contributed by atoms with van der Waals surface area (Å²) in [6, 6.07) is 14.6. The van der Waals surface area contributed by atoms with E-state index in [-0.39, 0.29) is 12.6 Å². The molecule has 0 saturated carbocycles. The Kier molecular flexibility index (Phi) is 6.23. The molecule has 1 aromatic heterocycles. The number of aryl methyl sites for hydroxylation is 1. The number of aliphatic hydroxyl groups excluding tert-OH is 1. The topological polar surface area (TPSA) is 111 Å². The lowest BCUT2D eigenvalue weighted by molar-refractivity contribution is 0.281. The summed E-state index contributed by atoms with van der Waals surface area (Å²) in [7, 11) is -2.11. The van der Waals surface area contributed by atoms with Crippen LogP contribution in [0.5, 0.6) is 0 Å². The molecule has 2 atom stereocenters. The summed E-state index contributed by atoms with van der Waals surface area (Å²) in [6.07, 6.45) is 1.74. The summed E-state index contributed by atoms with van der Waals surface area (Å²) in [5.41, 5.74) is 3.69. The molecular weight excluding hydrogens is 374 g/mol. The molecular formula is C20H23N5O2S. The van der Waals surface area contributed by atoms with Gasteiger partial charge < -0.3 is 15.7 Å². The first kappa shape index (κ1) is 19.8. The van der Waals surface area contributed by atoms with Gasteiger partial charge in [0, 0.05) is 28.4 Å². The van der Waals surface area contributed by atoms with Crippen LogP contribution in [-0.2, 0) is 10.6 Å². The standard InChI is InChI=1S/C20H23N5O2S/c1-13-4-3-5-15(10-13)18-11-22-20(25-19(18)23-14(2)12-26)24-16-6-8-17(9-7-16)28(21)27/h3-11,14,21,26,28H,12H2,1-2H3,(H2,22,23,24,25)/t14-/m1/s1. The Balaban J connectivity index is 1.93. The fourth-order valence-electron chi connectivity index (χ4n) is 2.66. The summed E-state index contributed by atoms with van der Waals surface area (Å²) in [4.78, 5) is 9.46. The van der Waals surface area contributed by atoms with Crippen molar-refractivity contribution in [3.8, 4) is 11.1 Å². The summed E-state index contributed by atoms with van der Waals surface area (Å²) in [5.74, 6) is 1.02. The van der Waals surface area contributed by atoms with Gasteiger partial charge in [0.2, 0.25) is 5.95 Å². The number of aromatic nitrogens is 2. The van der Waals surface area contributed by atoms with E-state index >= 15 is 0 Å². The molecule has 0 bridgehead atoms. The van der Waals surface area contributed by atoms with E-state index in [1.54, 1.807) is 30.5 Å². The zero-order chi connectivity index (χ0) is 20.1. The molecule has 0 saturated heterocycles. The van der Waals surface area contributed by atoms with E-state index in [0.717, 1.165) is 22.4 Å². The maximum atomic E-state index is 11.2. The van der Waals surface area contributed by atoms with Crippen molar-refractivity contribution in [3.05, 3.63) is 60.3 Å². The van der Waals surface area contributed by atoms with E-state index in [1.807, 2.05) is 32.0 Å². The zero-order valence-electron chi connectivity index (χ0n) is 15.7. The molecule has 8 heteroatoms. The SMILES string of the molecule is Cc1cccc(-c2cnc(Nc3ccc([SH](=N)=O)cc3)nc2N[C@H](C)CO)c1. The van der Waals surface area contributed by atoms with Crippen LogP contribution < -0.4 is 10.6 Å². The van der Waals surface area contributed by atoms with Crippen molar-refractivity contribution < 1.29 is 9.32 Å². The summed E-state index contributed by atoms with van der Waals surface area (Å²) in [6.45, 7) is 3.88. The van der Waals surface area contributed by atoms with Crippen molar-refractivity contribution in [2.45, 2.75) is 24.8 Å². The molecule has 0 aliphatic heterocycles. The summed E-state index contributed by atoms with van der Waals surface area (Å²) in [5, 5.41) is 15.8. The van der Waals surface area contributed by atoms with Gasteiger partial charge in [0.1, 0.15) is 5.82 Å². The Morgan fingerprint density at radius 2 is 1.96 bits per heavy atom. The molecule has 4 N–H and O–H groups in total. The summed E-state index contributed by atoms with van der Waals surface area (Å²) < 4.78 is 18.5. The van der Waals surface area contributed by atoms with Gasteiger partial charge in [-0.2, -0.15) is 4.98 Å². The van der Waals surface area contributed by atoms with Crippen LogP contribution in [0.2, 0.25) is 0 Å².